The Morgan fingerprint density at radius 1 is 1.18 bits per heavy atom. The molecule has 1 unspecified atom stereocenters. The second-order valence-electron chi connectivity index (χ2n) is 9.75. The predicted molar refractivity (Wildman–Crippen MR) is 147 cm³/mol. The monoisotopic (exact) mass is 519 g/mol. The summed E-state index contributed by atoms with van der Waals surface area (Å²) in [5.41, 5.74) is 5.05. The number of benzene rings is 2. The fraction of sp³-hybridized carbons (Fsp3) is 0.400. The number of phenols is 1. The molecule has 38 heavy (non-hydrogen) atoms. The van der Waals surface area contributed by atoms with Crippen LogP contribution in [0.15, 0.2) is 43.0 Å². The number of carbonyl (C=O) groups excluding carboxylic acids is 1. The van der Waals surface area contributed by atoms with Crippen molar-refractivity contribution in [1.82, 2.24) is 15.1 Å². The first-order valence-electron chi connectivity index (χ1n) is 13.1. The second-order valence-corrected chi connectivity index (χ2v) is 9.75. The van der Waals surface area contributed by atoms with Crippen LogP contribution in [0, 0.1) is 13.8 Å². The summed E-state index contributed by atoms with van der Waals surface area (Å²) in [5, 5.41) is 18.4. The highest BCUT2D eigenvalue weighted by atomic mass is 16.5. The molecule has 0 saturated heterocycles. The van der Waals surface area contributed by atoms with Crippen molar-refractivity contribution in [3.05, 3.63) is 70.9 Å². The Balaban J connectivity index is 1.82. The highest BCUT2D eigenvalue weighted by molar-refractivity contribution is 6.00. The van der Waals surface area contributed by atoms with E-state index in [0.717, 1.165) is 22.3 Å². The zero-order chi connectivity index (χ0) is 27.4. The van der Waals surface area contributed by atoms with Crippen molar-refractivity contribution in [1.29, 1.82) is 0 Å². The number of ether oxygens (including phenoxy) is 3. The van der Waals surface area contributed by atoms with Crippen LogP contribution in [0.1, 0.15) is 66.0 Å². The third kappa shape index (κ3) is 5.41. The standard InChI is InChI=1S/C30H37N3O5/c1-7-13-38-23-11-10-21(17-24(23)36-8-2)29-26-27(25-20(6)15-19(5)16-22(25)34)31-32-28(26)30(35)33(29)12-9-14-37-18(3)4/h7,10-11,15-18,29,34H,1,8-9,12-14H2,2-6H3,(H,31,32). The average molecular weight is 520 g/mol. The van der Waals surface area contributed by atoms with Crippen molar-refractivity contribution in [2.75, 3.05) is 26.4 Å². The molecule has 4 rings (SSSR count). The number of aryl methyl sites for hydroxylation is 2. The van der Waals surface area contributed by atoms with Crippen LogP contribution < -0.4 is 9.47 Å². The van der Waals surface area contributed by atoms with Crippen LogP contribution in [0.5, 0.6) is 17.2 Å². The van der Waals surface area contributed by atoms with Gasteiger partial charge in [0.25, 0.3) is 5.91 Å². The van der Waals surface area contributed by atoms with Gasteiger partial charge in [-0.05, 0) is 75.9 Å². The second kappa shape index (κ2) is 11.7. The topological polar surface area (TPSA) is 96.9 Å². The number of H-pyrrole nitrogens is 1. The number of aromatic hydroxyl groups is 1. The molecule has 8 heteroatoms. The predicted octanol–water partition coefficient (Wildman–Crippen LogP) is 5.72. The first-order valence-corrected chi connectivity index (χ1v) is 13.1. The molecule has 1 aliphatic heterocycles. The van der Waals surface area contributed by atoms with Gasteiger partial charge >= 0.3 is 0 Å². The Morgan fingerprint density at radius 3 is 2.66 bits per heavy atom. The summed E-state index contributed by atoms with van der Waals surface area (Å²) >= 11 is 0. The lowest BCUT2D eigenvalue weighted by molar-refractivity contribution is 0.0601. The summed E-state index contributed by atoms with van der Waals surface area (Å²) in [6, 6.07) is 9.02. The Labute approximate surface area is 224 Å². The van der Waals surface area contributed by atoms with Gasteiger partial charge in [0.05, 0.1) is 18.8 Å². The summed E-state index contributed by atoms with van der Waals surface area (Å²) in [6.07, 6.45) is 2.48. The summed E-state index contributed by atoms with van der Waals surface area (Å²) in [5.74, 6) is 1.20. The lowest BCUT2D eigenvalue weighted by atomic mass is 9.93. The minimum atomic E-state index is -0.432. The number of nitrogens with one attached hydrogen (secondary N) is 1. The van der Waals surface area contributed by atoms with Gasteiger partial charge in [0, 0.05) is 24.3 Å². The number of nitrogens with zero attached hydrogens (tertiary/aromatic N) is 2. The number of aromatic nitrogens is 2. The van der Waals surface area contributed by atoms with Gasteiger partial charge in [-0.3, -0.25) is 9.89 Å². The van der Waals surface area contributed by atoms with Crippen molar-refractivity contribution in [3.63, 3.8) is 0 Å². The zero-order valence-corrected chi connectivity index (χ0v) is 22.8. The van der Waals surface area contributed by atoms with E-state index >= 15 is 0 Å². The molecule has 1 amide bonds. The van der Waals surface area contributed by atoms with E-state index < -0.39 is 6.04 Å². The van der Waals surface area contributed by atoms with E-state index in [1.165, 1.54) is 0 Å². The van der Waals surface area contributed by atoms with Crippen molar-refractivity contribution in [2.24, 2.45) is 0 Å². The first kappa shape index (κ1) is 27.3. The number of phenolic OH excluding ortho intramolecular Hbond substituents is 1. The Hall–Kier alpha value is -3.78. The maximum absolute atomic E-state index is 13.7. The number of hydrogen-bond acceptors (Lipinski definition) is 6. The number of rotatable bonds is 12. The molecule has 2 N–H and O–H groups in total. The molecule has 0 radical (unpaired) electrons. The maximum Gasteiger partial charge on any atom is 0.273 e. The number of amides is 1. The molecule has 0 saturated carbocycles. The Morgan fingerprint density at radius 2 is 1.97 bits per heavy atom. The molecule has 1 aliphatic rings. The van der Waals surface area contributed by atoms with Crippen molar-refractivity contribution in [3.8, 4) is 28.5 Å². The summed E-state index contributed by atoms with van der Waals surface area (Å²) in [4.78, 5) is 15.5. The minimum absolute atomic E-state index is 0.118. The molecule has 202 valence electrons. The van der Waals surface area contributed by atoms with Crippen LogP contribution in [-0.2, 0) is 4.74 Å². The Kier molecular flexibility index (Phi) is 8.42. The molecule has 0 bridgehead atoms. The van der Waals surface area contributed by atoms with Gasteiger partial charge in [-0.2, -0.15) is 5.10 Å². The van der Waals surface area contributed by atoms with Crippen LogP contribution in [0.4, 0.5) is 0 Å². The highest BCUT2D eigenvalue weighted by Gasteiger charge is 2.42. The number of aromatic amines is 1. The average Bonchev–Trinajstić information content (AvgIpc) is 3.39. The van der Waals surface area contributed by atoms with Crippen LogP contribution in [0.3, 0.4) is 0 Å². The zero-order valence-electron chi connectivity index (χ0n) is 22.8. The van der Waals surface area contributed by atoms with Gasteiger partial charge in [-0.25, -0.2) is 0 Å². The van der Waals surface area contributed by atoms with Crippen LogP contribution in [0.25, 0.3) is 11.3 Å². The quantitative estimate of drug-likeness (QED) is 0.235. The molecule has 0 aliphatic carbocycles. The van der Waals surface area contributed by atoms with Crippen molar-refractivity contribution < 1.29 is 24.1 Å². The fourth-order valence-electron chi connectivity index (χ4n) is 5.00. The van der Waals surface area contributed by atoms with Crippen molar-refractivity contribution >= 4 is 5.91 Å². The molecule has 2 heterocycles. The summed E-state index contributed by atoms with van der Waals surface area (Å²) < 4.78 is 17.5. The van der Waals surface area contributed by atoms with E-state index in [9.17, 15) is 9.90 Å². The van der Waals surface area contributed by atoms with Gasteiger partial charge < -0.3 is 24.2 Å². The van der Waals surface area contributed by atoms with E-state index in [-0.39, 0.29) is 17.8 Å². The van der Waals surface area contributed by atoms with Gasteiger partial charge in [-0.15, -0.1) is 0 Å². The fourth-order valence-corrected chi connectivity index (χ4v) is 5.00. The van der Waals surface area contributed by atoms with E-state index in [4.69, 9.17) is 14.2 Å². The van der Waals surface area contributed by atoms with Crippen LogP contribution >= 0.6 is 0 Å². The molecule has 0 fully saturated rings. The van der Waals surface area contributed by atoms with E-state index in [0.29, 0.717) is 61.2 Å². The third-order valence-corrected chi connectivity index (χ3v) is 6.49. The van der Waals surface area contributed by atoms with E-state index in [2.05, 4.69) is 16.8 Å². The molecule has 3 aromatic rings. The molecule has 2 aromatic carbocycles. The number of hydrogen-bond donors (Lipinski definition) is 2. The molecular weight excluding hydrogens is 482 g/mol. The van der Waals surface area contributed by atoms with Gasteiger partial charge in [0.15, 0.2) is 11.5 Å². The largest absolute Gasteiger partial charge is 0.507 e. The minimum Gasteiger partial charge on any atom is -0.507 e. The first-order chi connectivity index (χ1) is 18.3. The van der Waals surface area contributed by atoms with Gasteiger partial charge in [-0.1, -0.05) is 24.8 Å². The van der Waals surface area contributed by atoms with Crippen molar-refractivity contribution in [2.45, 2.75) is 53.2 Å². The molecular formula is C30H37N3O5. The molecule has 8 nitrogen and oxygen atoms in total. The molecule has 1 atom stereocenters. The number of fused-ring (bicyclic) bond motifs is 1. The molecule has 1 aromatic heterocycles. The molecule has 0 spiro atoms. The third-order valence-electron chi connectivity index (χ3n) is 6.49. The smallest absolute Gasteiger partial charge is 0.273 e. The van der Waals surface area contributed by atoms with Crippen LogP contribution in [-0.4, -0.2) is 58.6 Å². The SMILES string of the molecule is C=CCOc1ccc(C2c3c(-c4c(C)cc(C)cc4O)n[nH]c3C(=O)N2CCCOC(C)C)cc1OCC. The normalized spacial score (nSPS) is 14.7. The lowest BCUT2D eigenvalue weighted by Gasteiger charge is -2.27. The Bertz CT molecular complexity index is 1290. The summed E-state index contributed by atoms with van der Waals surface area (Å²) in [7, 11) is 0. The lowest BCUT2D eigenvalue weighted by Crippen LogP contribution is -2.31. The van der Waals surface area contributed by atoms with Crippen LogP contribution in [0.2, 0.25) is 0 Å². The van der Waals surface area contributed by atoms with Gasteiger partial charge in [0.2, 0.25) is 0 Å². The van der Waals surface area contributed by atoms with E-state index in [1.807, 2.05) is 63.8 Å². The van der Waals surface area contributed by atoms with Gasteiger partial charge in [0.1, 0.15) is 23.7 Å². The number of carbonyl (C=O) groups is 1. The summed E-state index contributed by atoms with van der Waals surface area (Å²) in [6.45, 7) is 15.4. The maximum atomic E-state index is 13.7. The van der Waals surface area contributed by atoms with E-state index in [1.54, 1.807) is 12.1 Å². The highest BCUT2D eigenvalue weighted by Crippen LogP contribution is 2.46.